The molecule has 3 atom stereocenters. The Kier molecular flexibility index (Phi) is 7.11. The van der Waals surface area contributed by atoms with Gasteiger partial charge in [0.2, 0.25) is 0 Å². The molecule has 1 saturated carbocycles. The first-order valence-corrected chi connectivity index (χ1v) is 8.42. The fourth-order valence-electron chi connectivity index (χ4n) is 2.82. The highest BCUT2D eigenvalue weighted by molar-refractivity contribution is 7.99. The molecule has 0 heterocycles. The molecule has 0 aromatic heterocycles. The van der Waals surface area contributed by atoms with Crippen molar-refractivity contribution < 1.29 is 0 Å². The third kappa shape index (κ3) is 4.82. The van der Waals surface area contributed by atoms with Crippen molar-refractivity contribution in [2.45, 2.75) is 69.6 Å². The molecule has 1 N–H and O–H groups in total. The van der Waals surface area contributed by atoms with Gasteiger partial charge in [0.25, 0.3) is 0 Å². The Morgan fingerprint density at radius 2 is 2.22 bits per heavy atom. The summed E-state index contributed by atoms with van der Waals surface area (Å²) in [4.78, 5) is 0. The van der Waals surface area contributed by atoms with Gasteiger partial charge in [-0.15, -0.1) is 0 Å². The molecule has 2 nitrogen and oxygen atoms in total. The summed E-state index contributed by atoms with van der Waals surface area (Å²) in [7, 11) is 1.91. The van der Waals surface area contributed by atoms with Crippen LogP contribution in [0.15, 0.2) is 0 Å². The van der Waals surface area contributed by atoms with Gasteiger partial charge in [0.15, 0.2) is 0 Å². The van der Waals surface area contributed by atoms with Crippen molar-refractivity contribution in [2.24, 2.45) is 5.92 Å². The Hall–Kier alpha value is -0.200. The summed E-state index contributed by atoms with van der Waals surface area (Å²) >= 11 is 2.14. The molecule has 0 aliphatic heterocycles. The van der Waals surface area contributed by atoms with Gasteiger partial charge in [-0.2, -0.15) is 17.0 Å². The predicted molar refractivity (Wildman–Crippen MR) is 80.8 cm³/mol. The van der Waals surface area contributed by atoms with Crippen LogP contribution in [-0.4, -0.2) is 23.6 Å². The average Bonchev–Trinajstić information content (AvgIpc) is 2.40. The van der Waals surface area contributed by atoms with E-state index in [-0.39, 0.29) is 5.54 Å². The smallest absolute Gasteiger partial charge is 0.106 e. The van der Waals surface area contributed by atoms with Crippen LogP contribution in [-0.2, 0) is 0 Å². The van der Waals surface area contributed by atoms with Gasteiger partial charge >= 0.3 is 0 Å². The van der Waals surface area contributed by atoms with E-state index in [2.05, 4.69) is 37.0 Å². The van der Waals surface area contributed by atoms with E-state index in [1.54, 1.807) is 0 Å². The first kappa shape index (κ1) is 15.9. The molecule has 0 saturated heterocycles. The molecule has 1 aliphatic rings. The second kappa shape index (κ2) is 8.07. The summed E-state index contributed by atoms with van der Waals surface area (Å²) in [6.45, 7) is 4.47. The number of thioether (sulfide) groups is 1. The van der Waals surface area contributed by atoms with Gasteiger partial charge in [-0.05, 0) is 50.8 Å². The number of hydrogen-bond donors (Lipinski definition) is 1. The normalized spacial score (nSPS) is 27.4. The monoisotopic (exact) mass is 268 g/mol. The van der Waals surface area contributed by atoms with Crippen molar-refractivity contribution in [2.75, 3.05) is 12.8 Å². The zero-order valence-electron chi connectivity index (χ0n) is 12.2. The van der Waals surface area contributed by atoms with Gasteiger partial charge < -0.3 is 5.32 Å². The maximum atomic E-state index is 9.24. The topological polar surface area (TPSA) is 35.8 Å². The van der Waals surface area contributed by atoms with Crippen LogP contribution in [0.1, 0.15) is 58.8 Å². The Morgan fingerprint density at radius 3 is 2.78 bits per heavy atom. The van der Waals surface area contributed by atoms with E-state index >= 15 is 0 Å². The van der Waals surface area contributed by atoms with E-state index in [1.165, 1.54) is 31.4 Å². The van der Waals surface area contributed by atoms with Gasteiger partial charge in [0.05, 0.1) is 6.07 Å². The average molecular weight is 268 g/mol. The Morgan fingerprint density at radius 1 is 1.44 bits per heavy atom. The van der Waals surface area contributed by atoms with Gasteiger partial charge in [-0.3, -0.25) is 0 Å². The first-order chi connectivity index (χ1) is 8.65. The number of rotatable bonds is 7. The maximum Gasteiger partial charge on any atom is 0.106 e. The van der Waals surface area contributed by atoms with Gasteiger partial charge in [-0.25, -0.2) is 0 Å². The molecule has 1 fully saturated rings. The molecule has 0 spiro atoms. The molecule has 1 aliphatic carbocycles. The Labute approximate surface area is 117 Å². The molecule has 0 radical (unpaired) electrons. The number of hydrogen-bond acceptors (Lipinski definition) is 3. The highest BCUT2D eigenvalue weighted by Crippen LogP contribution is 2.32. The quantitative estimate of drug-likeness (QED) is 0.710. The molecule has 0 bridgehead atoms. The SMILES string of the molecule is CCC(C#N)(CCCSC1CCCC(C)C1)NC. The standard InChI is InChI=1S/C15H28N2S/c1-4-15(12-16,17-3)9-6-10-18-14-8-5-7-13(2)11-14/h13-14,17H,4-11H2,1-3H3. The van der Waals surface area contributed by atoms with Crippen molar-refractivity contribution in [3.63, 3.8) is 0 Å². The summed E-state index contributed by atoms with van der Waals surface area (Å²) in [5, 5.41) is 13.3. The van der Waals surface area contributed by atoms with Crippen LogP contribution in [0.2, 0.25) is 0 Å². The lowest BCUT2D eigenvalue weighted by atomic mass is 9.90. The third-order valence-electron chi connectivity index (χ3n) is 4.29. The number of nitriles is 1. The Balaban J connectivity index is 2.20. The lowest BCUT2D eigenvalue weighted by Gasteiger charge is -2.27. The van der Waals surface area contributed by atoms with Crippen LogP contribution in [0.4, 0.5) is 0 Å². The predicted octanol–water partition coefficient (Wildman–Crippen LogP) is 3.97. The highest BCUT2D eigenvalue weighted by atomic mass is 32.2. The summed E-state index contributed by atoms with van der Waals surface area (Å²) in [6.07, 6.45) is 8.65. The minimum atomic E-state index is -0.291. The summed E-state index contributed by atoms with van der Waals surface area (Å²) in [5.74, 6) is 2.13. The zero-order valence-corrected chi connectivity index (χ0v) is 13.0. The molecule has 3 unspecified atom stereocenters. The fourth-order valence-corrected chi connectivity index (χ4v) is 4.27. The van der Waals surface area contributed by atoms with Crippen LogP contribution >= 0.6 is 11.8 Å². The van der Waals surface area contributed by atoms with E-state index in [1.807, 2.05) is 7.05 Å². The molecule has 3 heteroatoms. The van der Waals surface area contributed by atoms with E-state index in [4.69, 9.17) is 0 Å². The zero-order chi connectivity index (χ0) is 13.4. The molecule has 0 amide bonds. The first-order valence-electron chi connectivity index (χ1n) is 7.37. The number of nitrogens with zero attached hydrogens (tertiary/aromatic N) is 1. The van der Waals surface area contributed by atoms with Crippen LogP contribution in [0.5, 0.6) is 0 Å². The minimum Gasteiger partial charge on any atom is -0.302 e. The van der Waals surface area contributed by atoms with Crippen molar-refractivity contribution in [1.29, 1.82) is 5.26 Å². The summed E-state index contributed by atoms with van der Waals surface area (Å²) in [6, 6.07) is 2.44. The van der Waals surface area contributed by atoms with Gasteiger partial charge in [0.1, 0.15) is 5.54 Å². The minimum absolute atomic E-state index is 0.291. The molecule has 104 valence electrons. The summed E-state index contributed by atoms with van der Waals surface area (Å²) < 4.78 is 0. The number of nitrogens with one attached hydrogen (secondary N) is 1. The van der Waals surface area contributed by atoms with E-state index in [0.717, 1.165) is 30.4 Å². The van der Waals surface area contributed by atoms with Gasteiger partial charge in [-0.1, -0.05) is 26.7 Å². The second-order valence-electron chi connectivity index (χ2n) is 5.67. The van der Waals surface area contributed by atoms with E-state index in [0.29, 0.717) is 0 Å². The summed E-state index contributed by atoms with van der Waals surface area (Å²) in [5.41, 5.74) is -0.291. The van der Waals surface area contributed by atoms with Crippen molar-refractivity contribution in [1.82, 2.24) is 5.32 Å². The maximum absolute atomic E-state index is 9.24. The van der Waals surface area contributed by atoms with Crippen molar-refractivity contribution >= 4 is 11.8 Å². The van der Waals surface area contributed by atoms with Crippen molar-refractivity contribution in [3.05, 3.63) is 0 Å². The van der Waals surface area contributed by atoms with Crippen LogP contribution in [0.3, 0.4) is 0 Å². The van der Waals surface area contributed by atoms with Gasteiger partial charge in [0, 0.05) is 5.25 Å². The molecule has 0 aromatic rings. The highest BCUT2D eigenvalue weighted by Gasteiger charge is 2.25. The fraction of sp³-hybridized carbons (Fsp3) is 0.933. The Bertz CT molecular complexity index is 268. The molecular formula is C15H28N2S. The molecule has 0 aromatic carbocycles. The largest absolute Gasteiger partial charge is 0.302 e. The van der Waals surface area contributed by atoms with Crippen LogP contribution < -0.4 is 5.32 Å². The lowest BCUT2D eigenvalue weighted by molar-refractivity contribution is 0.391. The molecule has 18 heavy (non-hydrogen) atoms. The van der Waals surface area contributed by atoms with E-state index in [9.17, 15) is 5.26 Å². The van der Waals surface area contributed by atoms with Crippen LogP contribution in [0.25, 0.3) is 0 Å². The van der Waals surface area contributed by atoms with E-state index < -0.39 is 0 Å². The second-order valence-corrected chi connectivity index (χ2v) is 7.07. The molecule has 1 rings (SSSR count). The van der Waals surface area contributed by atoms with Crippen LogP contribution in [0, 0.1) is 17.2 Å². The lowest BCUT2D eigenvalue weighted by Crippen LogP contribution is -2.40. The van der Waals surface area contributed by atoms with Crippen molar-refractivity contribution in [3.8, 4) is 6.07 Å². The third-order valence-corrected chi connectivity index (χ3v) is 5.71. The molecular weight excluding hydrogens is 240 g/mol.